The smallest absolute Gasteiger partial charge is 0.237 e. The number of hydrogen-bond acceptors (Lipinski definition) is 5. The first-order valence-electron chi connectivity index (χ1n) is 8.76. The van der Waals surface area contributed by atoms with E-state index in [9.17, 15) is 9.59 Å². The number of carbonyl (C=O) groups excluding carboxylic acids is 2. The number of morpholine rings is 1. The number of benzene rings is 1. The van der Waals surface area contributed by atoms with Crippen LogP contribution < -0.4 is 14.8 Å². The molecule has 2 amide bonds. The Morgan fingerprint density at radius 1 is 1.15 bits per heavy atom. The van der Waals surface area contributed by atoms with Crippen LogP contribution in [0.4, 0.5) is 0 Å². The monoisotopic (exact) mass is 364 g/mol. The van der Waals surface area contributed by atoms with Crippen LogP contribution in [-0.4, -0.2) is 63.8 Å². The van der Waals surface area contributed by atoms with E-state index in [1.54, 1.807) is 33.0 Å². The van der Waals surface area contributed by atoms with E-state index in [-0.39, 0.29) is 11.8 Å². The number of nitrogens with one attached hydrogen (secondary N) is 1. The fraction of sp³-hybridized carbons (Fsp3) is 0.579. The number of carbonyl (C=O) groups is 2. The van der Waals surface area contributed by atoms with Crippen LogP contribution in [-0.2, 0) is 20.7 Å². The van der Waals surface area contributed by atoms with Crippen molar-refractivity contribution in [2.75, 3.05) is 47.1 Å². The minimum Gasteiger partial charge on any atom is -0.493 e. The number of rotatable bonds is 7. The molecule has 0 bridgehead atoms. The molecule has 0 aromatic heterocycles. The normalized spacial score (nSPS) is 14.7. The summed E-state index contributed by atoms with van der Waals surface area (Å²) < 4.78 is 15.8. The van der Waals surface area contributed by atoms with Crippen molar-refractivity contribution in [3.63, 3.8) is 0 Å². The maximum Gasteiger partial charge on any atom is 0.237 e. The Morgan fingerprint density at radius 3 is 2.42 bits per heavy atom. The van der Waals surface area contributed by atoms with Gasteiger partial charge < -0.3 is 24.4 Å². The van der Waals surface area contributed by atoms with Gasteiger partial charge in [-0.3, -0.25) is 9.59 Å². The molecule has 1 aromatic rings. The first-order valence-corrected chi connectivity index (χ1v) is 8.76. The van der Waals surface area contributed by atoms with E-state index in [4.69, 9.17) is 14.2 Å². The Kier molecular flexibility index (Phi) is 6.85. The van der Waals surface area contributed by atoms with Crippen molar-refractivity contribution in [3.8, 4) is 11.5 Å². The molecule has 7 heteroatoms. The minimum absolute atomic E-state index is 0.163. The maximum absolute atomic E-state index is 12.6. The van der Waals surface area contributed by atoms with Gasteiger partial charge in [0.25, 0.3) is 0 Å². The summed E-state index contributed by atoms with van der Waals surface area (Å²) in [5, 5.41) is 2.87. The van der Waals surface area contributed by atoms with Gasteiger partial charge in [0.15, 0.2) is 11.5 Å². The Bertz CT molecular complexity index is 639. The van der Waals surface area contributed by atoms with Crippen molar-refractivity contribution < 1.29 is 23.8 Å². The lowest BCUT2D eigenvalue weighted by Crippen LogP contribution is -2.52. The lowest BCUT2D eigenvalue weighted by atomic mass is 9.90. The largest absolute Gasteiger partial charge is 0.493 e. The number of hydrogen-bond donors (Lipinski definition) is 1. The van der Waals surface area contributed by atoms with E-state index in [1.165, 1.54) is 0 Å². The zero-order valence-corrected chi connectivity index (χ0v) is 16.0. The van der Waals surface area contributed by atoms with Crippen LogP contribution in [0.2, 0.25) is 0 Å². The summed E-state index contributed by atoms with van der Waals surface area (Å²) >= 11 is 0. The zero-order chi connectivity index (χ0) is 19.2. The SMILES string of the molecule is COc1ccc(CCNC(=O)C(C)(C)C(=O)N2CCOCC2)cc1OC. The molecule has 1 saturated heterocycles. The average molecular weight is 364 g/mol. The summed E-state index contributed by atoms with van der Waals surface area (Å²) in [4.78, 5) is 26.8. The number of methoxy groups -OCH3 is 2. The second-order valence-electron chi connectivity index (χ2n) is 6.72. The highest BCUT2D eigenvalue weighted by molar-refractivity contribution is 6.04. The third-order valence-corrected chi connectivity index (χ3v) is 4.55. The van der Waals surface area contributed by atoms with Crippen molar-refractivity contribution in [1.82, 2.24) is 10.2 Å². The highest BCUT2D eigenvalue weighted by atomic mass is 16.5. The van der Waals surface area contributed by atoms with E-state index in [1.807, 2.05) is 18.2 Å². The second kappa shape index (κ2) is 8.89. The van der Waals surface area contributed by atoms with Gasteiger partial charge in [0.2, 0.25) is 11.8 Å². The van der Waals surface area contributed by atoms with Crippen LogP contribution in [0.5, 0.6) is 11.5 Å². The Hall–Kier alpha value is -2.28. The van der Waals surface area contributed by atoms with E-state index in [0.717, 1.165) is 5.56 Å². The van der Waals surface area contributed by atoms with E-state index < -0.39 is 5.41 Å². The van der Waals surface area contributed by atoms with Crippen LogP contribution in [0.25, 0.3) is 0 Å². The van der Waals surface area contributed by atoms with Crippen LogP contribution in [0.1, 0.15) is 19.4 Å². The van der Waals surface area contributed by atoms with E-state index >= 15 is 0 Å². The molecule has 1 aliphatic rings. The molecular formula is C19H28N2O5. The van der Waals surface area contributed by atoms with Gasteiger partial charge in [-0.1, -0.05) is 6.07 Å². The maximum atomic E-state index is 12.6. The summed E-state index contributed by atoms with van der Waals surface area (Å²) in [6.45, 7) is 5.86. The molecule has 2 rings (SSSR count). The van der Waals surface area contributed by atoms with Gasteiger partial charge in [-0.25, -0.2) is 0 Å². The van der Waals surface area contributed by atoms with Crippen molar-refractivity contribution in [1.29, 1.82) is 0 Å². The molecule has 1 fully saturated rings. The lowest BCUT2D eigenvalue weighted by Gasteiger charge is -2.33. The minimum atomic E-state index is -1.10. The lowest BCUT2D eigenvalue weighted by molar-refractivity contribution is -0.151. The van der Waals surface area contributed by atoms with Gasteiger partial charge in [0, 0.05) is 19.6 Å². The predicted molar refractivity (Wildman–Crippen MR) is 97.4 cm³/mol. The predicted octanol–water partition coefficient (Wildman–Crippen LogP) is 1.25. The van der Waals surface area contributed by atoms with Gasteiger partial charge in [-0.2, -0.15) is 0 Å². The molecule has 1 N–H and O–H groups in total. The van der Waals surface area contributed by atoms with Crippen molar-refractivity contribution in [2.24, 2.45) is 5.41 Å². The number of amides is 2. The molecular weight excluding hydrogens is 336 g/mol. The zero-order valence-electron chi connectivity index (χ0n) is 16.0. The summed E-state index contributed by atoms with van der Waals surface area (Å²) in [6.07, 6.45) is 0.633. The fourth-order valence-electron chi connectivity index (χ4n) is 2.84. The van der Waals surface area contributed by atoms with Crippen LogP contribution in [0.3, 0.4) is 0 Å². The molecule has 26 heavy (non-hydrogen) atoms. The number of nitrogens with zero attached hydrogens (tertiary/aromatic N) is 1. The molecule has 0 unspecified atom stereocenters. The molecule has 144 valence electrons. The average Bonchev–Trinajstić information content (AvgIpc) is 2.67. The standard InChI is InChI=1S/C19H28N2O5/c1-19(2,18(23)21-9-11-26-12-10-21)17(22)20-8-7-14-5-6-15(24-3)16(13-14)25-4/h5-6,13H,7-12H2,1-4H3,(H,20,22). The molecule has 0 saturated carbocycles. The molecule has 1 aliphatic heterocycles. The van der Waals surface area contributed by atoms with Gasteiger partial charge >= 0.3 is 0 Å². The van der Waals surface area contributed by atoms with Gasteiger partial charge in [0.05, 0.1) is 27.4 Å². The third-order valence-electron chi connectivity index (χ3n) is 4.55. The molecule has 0 radical (unpaired) electrons. The molecule has 1 aromatic carbocycles. The Balaban J connectivity index is 1.90. The van der Waals surface area contributed by atoms with Crippen LogP contribution in [0, 0.1) is 5.41 Å². The molecule has 1 heterocycles. The molecule has 0 atom stereocenters. The van der Waals surface area contributed by atoms with E-state index in [2.05, 4.69) is 5.32 Å². The van der Waals surface area contributed by atoms with Crippen LogP contribution >= 0.6 is 0 Å². The number of ether oxygens (including phenoxy) is 3. The third kappa shape index (κ3) is 4.66. The fourth-order valence-corrected chi connectivity index (χ4v) is 2.84. The first-order chi connectivity index (χ1) is 12.4. The summed E-state index contributed by atoms with van der Waals surface area (Å²) in [5.74, 6) is 0.885. The molecule has 7 nitrogen and oxygen atoms in total. The highest BCUT2D eigenvalue weighted by Gasteiger charge is 2.39. The molecule has 0 spiro atoms. The van der Waals surface area contributed by atoms with Gasteiger partial charge in [-0.15, -0.1) is 0 Å². The Morgan fingerprint density at radius 2 is 1.81 bits per heavy atom. The van der Waals surface area contributed by atoms with Crippen molar-refractivity contribution in [2.45, 2.75) is 20.3 Å². The first kappa shape index (κ1) is 20.0. The van der Waals surface area contributed by atoms with Crippen molar-refractivity contribution >= 4 is 11.8 Å². The highest BCUT2D eigenvalue weighted by Crippen LogP contribution is 2.27. The quantitative estimate of drug-likeness (QED) is 0.737. The molecule has 0 aliphatic carbocycles. The second-order valence-corrected chi connectivity index (χ2v) is 6.72. The Labute approximate surface area is 154 Å². The summed E-state index contributed by atoms with van der Waals surface area (Å²) in [7, 11) is 3.18. The summed E-state index contributed by atoms with van der Waals surface area (Å²) in [5.41, 5.74) is -0.0881. The van der Waals surface area contributed by atoms with Crippen LogP contribution in [0.15, 0.2) is 18.2 Å². The topological polar surface area (TPSA) is 77.1 Å². The van der Waals surface area contributed by atoms with E-state index in [0.29, 0.717) is 50.8 Å². The van der Waals surface area contributed by atoms with Gasteiger partial charge in [0.1, 0.15) is 5.41 Å². The van der Waals surface area contributed by atoms with Crippen molar-refractivity contribution in [3.05, 3.63) is 23.8 Å². The van der Waals surface area contributed by atoms with Gasteiger partial charge in [-0.05, 0) is 38.0 Å². The summed E-state index contributed by atoms with van der Waals surface area (Å²) in [6, 6.07) is 5.65.